The monoisotopic (exact) mass is 457 g/mol. The van der Waals surface area contributed by atoms with Crippen molar-refractivity contribution >= 4 is 39.5 Å². The molecule has 10 nitrogen and oxygen atoms in total. The van der Waals surface area contributed by atoms with Crippen molar-refractivity contribution in [2.45, 2.75) is 6.54 Å². The largest absolute Gasteiger partial charge is 0.384 e. The van der Waals surface area contributed by atoms with Crippen molar-refractivity contribution in [2.75, 3.05) is 5.73 Å². The van der Waals surface area contributed by atoms with Crippen LogP contribution in [0, 0.1) is 0 Å². The number of nitrogens with zero attached hydrogens (tertiary/aromatic N) is 6. The summed E-state index contributed by atoms with van der Waals surface area (Å²) in [4.78, 5) is 21.5. The van der Waals surface area contributed by atoms with E-state index in [2.05, 4.69) is 30.4 Å². The lowest BCUT2D eigenvalue weighted by Gasteiger charge is -2.09. The van der Waals surface area contributed by atoms with Crippen molar-refractivity contribution in [2.24, 2.45) is 0 Å². The fourth-order valence-electron chi connectivity index (χ4n) is 3.92. The molecule has 2 aromatic carbocycles. The van der Waals surface area contributed by atoms with Gasteiger partial charge in [0.1, 0.15) is 11.3 Å². The number of hydrogen-bond acceptors (Lipinski definition) is 6. The first-order valence-corrected chi connectivity index (χ1v) is 10.4. The summed E-state index contributed by atoms with van der Waals surface area (Å²) < 4.78 is 3.53. The highest BCUT2D eigenvalue weighted by atomic mass is 35.5. The zero-order valence-electron chi connectivity index (χ0n) is 17.0. The maximum atomic E-state index is 11.6. The van der Waals surface area contributed by atoms with Gasteiger partial charge in [0.25, 0.3) is 0 Å². The number of anilines is 1. The summed E-state index contributed by atoms with van der Waals surface area (Å²) in [5, 5.41) is 13.5. The van der Waals surface area contributed by atoms with Gasteiger partial charge in [-0.3, -0.25) is 4.68 Å². The molecule has 0 atom stereocenters. The molecule has 4 N–H and O–H groups in total. The molecule has 0 saturated carbocycles. The van der Waals surface area contributed by atoms with Gasteiger partial charge in [-0.1, -0.05) is 22.9 Å². The van der Waals surface area contributed by atoms with Crippen LogP contribution in [0.2, 0.25) is 5.02 Å². The Hall–Kier alpha value is -4.44. The van der Waals surface area contributed by atoms with Gasteiger partial charge >= 0.3 is 5.69 Å². The van der Waals surface area contributed by atoms with E-state index in [1.165, 1.54) is 0 Å². The molecule has 11 heteroatoms. The third-order valence-corrected chi connectivity index (χ3v) is 5.69. The Morgan fingerprint density at radius 1 is 1.03 bits per heavy atom. The van der Waals surface area contributed by atoms with Crippen molar-refractivity contribution in [1.29, 1.82) is 0 Å². The molecule has 0 fully saturated rings. The molecule has 0 bridgehead atoms. The molecular weight excluding hydrogens is 442 g/mol. The van der Waals surface area contributed by atoms with E-state index in [1.807, 2.05) is 53.2 Å². The van der Waals surface area contributed by atoms with Gasteiger partial charge in [-0.15, -0.1) is 5.10 Å². The highest BCUT2D eigenvalue weighted by Gasteiger charge is 2.16. The third-order valence-electron chi connectivity index (χ3n) is 5.40. The minimum Gasteiger partial charge on any atom is -0.384 e. The van der Waals surface area contributed by atoms with Crippen molar-refractivity contribution in [3.8, 4) is 16.9 Å². The number of fused-ring (bicyclic) bond motifs is 2. The lowest BCUT2D eigenvalue weighted by Crippen LogP contribution is -2.06. The maximum Gasteiger partial charge on any atom is 0.323 e. The highest BCUT2D eigenvalue weighted by molar-refractivity contribution is 6.35. The Labute approximate surface area is 190 Å². The van der Waals surface area contributed by atoms with E-state index in [4.69, 9.17) is 17.3 Å². The number of imidazole rings is 1. The zero-order valence-corrected chi connectivity index (χ0v) is 17.8. The quantitative estimate of drug-likeness (QED) is 0.372. The van der Waals surface area contributed by atoms with E-state index in [1.54, 1.807) is 16.9 Å². The Balaban J connectivity index is 1.46. The molecule has 0 aliphatic rings. The molecule has 4 aromatic heterocycles. The van der Waals surface area contributed by atoms with Crippen molar-refractivity contribution in [3.63, 3.8) is 0 Å². The smallest absolute Gasteiger partial charge is 0.323 e. The standard InChI is InChI=1S/C22H16ClN9O/c23-15-8-12(18-6-7-25-31(18)11-13-2-1-3-20(24)26-13)9-19-21(15)29-30-32(19)14-4-5-16-17(10-14)28-22(33)27-16/h1-10H,11H2,(H2,24,26)(H2,27,28,33). The van der Waals surface area contributed by atoms with Gasteiger partial charge in [0.2, 0.25) is 0 Å². The number of aromatic amines is 2. The van der Waals surface area contributed by atoms with E-state index in [9.17, 15) is 4.79 Å². The maximum absolute atomic E-state index is 11.6. The van der Waals surface area contributed by atoms with Crippen LogP contribution >= 0.6 is 11.6 Å². The van der Waals surface area contributed by atoms with Crippen LogP contribution in [0.25, 0.3) is 39.0 Å². The molecule has 162 valence electrons. The van der Waals surface area contributed by atoms with E-state index in [0.29, 0.717) is 33.9 Å². The first-order valence-electron chi connectivity index (χ1n) is 10.1. The molecule has 33 heavy (non-hydrogen) atoms. The average molecular weight is 458 g/mol. The fraction of sp³-hybridized carbons (Fsp3) is 0.0455. The normalized spacial score (nSPS) is 11.5. The predicted octanol–water partition coefficient (Wildman–Crippen LogP) is 3.13. The Kier molecular flexibility index (Phi) is 4.27. The number of aromatic nitrogens is 8. The number of H-pyrrole nitrogens is 2. The molecular formula is C22H16ClN9O. The summed E-state index contributed by atoms with van der Waals surface area (Å²) >= 11 is 6.58. The van der Waals surface area contributed by atoms with Gasteiger partial charge in [-0.25, -0.2) is 14.5 Å². The number of hydrogen-bond donors (Lipinski definition) is 3. The van der Waals surface area contributed by atoms with E-state index < -0.39 is 0 Å². The summed E-state index contributed by atoms with van der Waals surface area (Å²) in [5.41, 5.74) is 11.5. The van der Waals surface area contributed by atoms with E-state index in [-0.39, 0.29) is 5.69 Å². The molecule has 0 amide bonds. The molecule has 0 unspecified atom stereocenters. The van der Waals surface area contributed by atoms with Gasteiger partial charge < -0.3 is 15.7 Å². The predicted molar refractivity (Wildman–Crippen MR) is 125 cm³/mol. The minimum absolute atomic E-state index is 0.265. The van der Waals surface area contributed by atoms with Gasteiger partial charge in [0.05, 0.1) is 45.2 Å². The van der Waals surface area contributed by atoms with E-state index in [0.717, 1.165) is 28.2 Å². The van der Waals surface area contributed by atoms with Crippen LogP contribution in [0.4, 0.5) is 5.82 Å². The van der Waals surface area contributed by atoms with Crippen LogP contribution in [0.3, 0.4) is 0 Å². The Bertz CT molecular complexity index is 1710. The lowest BCUT2D eigenvalue weighted by molar-refractivity contribution is 0.681. The average Bonchev–Trinajstić information content (AvgIpc) is 3.50. The molecule has 6 rings (SSSR count). The number of nitrogen functional groups attached to an aromatic ring is 1. The highest BCUT2D eigenvalue weighted by Crippen LogP contribution is 2.31. The molecule has 0 aliphatic heterocycles. The van der Waals surface area contributed by atoms with Crippen LogP contribution < -0.4 is 11.4 Å². The Morgan fingerprint density at radius 3 is 2.79 bits per heavy atom. The molecule has 4 heterocycles. The number of nitrogens with one attached hydrogen (secondary N) is 2. The number of pyridine rings is 1. The van der Waals surface area contributed by atoms with Crippen molar-refractivity contribution in [3.05, 3.63) is 82.0 Å². The van der Waals surface area contributed by atoms with Crippen molar-refractivity contribution < 1.29 is 0 Å². The Morgan fingerprint density at radius 2 is 1.91 bits per heavy atom. The molecule has 6 aromatic rings. The van der Waals surface area contributed by atoms with Gasteiger partial charge in [-0.2, -0.15) is 5.10 Å². The SMILES string of the molecule is Nc1cccc(Cn2nccc2-c2cc(Cl)c3nnn(-c4ccc5[nH]c(=O)[nH]c5c4)c3c2)n1. The number of benzene rings is 2. The fourth-order valence-corrected chi connectivity index (χ4v) is 4.17. The number of nitrogens with two attached hydrogens (primary N) is 1. The topological polar surface area (TPSA) is 136 Å². The second-order valence-corrected chi connectivity index (χ2v) is 7.97. The minimum atomic E-state index is -0.265. The number of rotatable bonds is 4. The lowest BCUT2D eigenvalue weighted by atomic mass is 10.1. The second kappa shape index (κ2) is 7.31. The van der Waals surface area contributed by atoms with Gasteiger partial charge in [0, 0.05) is 11.8 Å². The molecule has 0 saturated heterocycles. The molecule has 0 radical (unpaired) electrons. The van der Waals surface area contributed by atoms with E-state index >= 15 is 0 Å². The molecule has 0 spiro atoms. The summed E-state index contributed by atoms with van der Waals surface area (Å²) in [6, 6.07) is 16.7. The van der Waals surface area contributed by atoms with Crippen LogP contribution in [-0.2, 0) is 6.54 Å². The first kappa shape index (κ1) is 19.3. The summed E-state index contributed by atoms with van der Waals surface area (Å²) in [5.74, 6) is 0.460. The number of halogens is 1. The van der Waals surface area contributed by atoms with Crippen molar-refractivity contribution in [1.82, 2.24) is 39.7 Å². The second-order valence-electron chi connectivity index (χ2n) is 7.56. The summed E-state index contributed by atoms with van der Waals surface area (Å²) in [6.45, 7) is 0.456. The van der Waals surface area contributed by atoms with Crippen LogP contribution in [0.15, 0.2) is 65.6 Å². The van der Waals surface area contributed by atoms with Gasteiger partial charge in [0.15, 0.2) is 0 Å². The molecule has 0 aliphatic carbocycles. The summed E-state index contributed by atoms with van der Waals surface area (Å²) in [6.07, 6.45) is 1.73. The van der Waals surface area contributed by atoms with Crippen LogP contribution in [-0.4, -0.2) is 39.7 Å². The van der Waals surface area contributed by atoms with Gasteiger partial charge in [-0.05, 0) is 48.5 Å². The third kappa shape index (κ3) is 3.33. The van der Waals surface area contributed by atoms with Crippen LogP contribution in [0.1, 0.15) is 5.69 Å². The zero-order chi connectivity index (χ0) is 22.5. The first-order chi connectivity index (χ1) is 16.0. The van der Waals surface area contributed by atoms with Crippen LogP contribution in [0.5, 0.6) is 0 Å². The summed E-state index contributed by atoms with van der Waals surface area (Å²) in [7, 11) is 0.